The van der Waals surface area contributed by atoms with E-state index < -0.39 is 0 Å². The van der Waals surface area contributed by atoms with Gasteiger partial charge in [0.25, 0.3) is 0 Å². The lowest BCUT2D eigenvalue weighted by molar-refractivity contribution is 0.814. The molecule has 0 saturated carbocycles. The lowest BCUT2D eigenvalue weighted by atomic mass is 10.1. The molecule has 5 nitrogen and oxygen atoms in total. The van der Waals surface area contributed by atoms with Gasteiger partial charge in [0, 0.05) is 30.7 Å². The molecule has 0 spiro atoms. The van der Waals surface area contributed by atoms with E-state index in [1.54, 1.807) is 18.5 Å². The Balaban J connectivity index is 2.46. The van der Waals surface area contributed by atoms with E-state index >= 15 is 0 Å². The van der Waals surface area contributed by atoms with Crippen molar-refractivity contribution in [1.82, 2.24) is 19.9 Å². The Bertz CT molecular complexity index is 510. The first kappa shape index (κ1) is 12.4. The zero-order valence-electron chi connectivity index (χ0n) is 10.9. The van der Waals surface area contributed by atoms with Crippen molar-refractivity contribution in [3.8, 4) is 11.6 Å². The maximum atomic E-state index is 4.51. The summed E-state index contributed by atoms with van der Waals surface area (Å²) in [4.78, 5) is 17.3. The summed E-state index contributed by atoms with van der Waals surface area (Å²) in [6.07, 6.45) is 3.39. The molecule has 0 aliphatic carbocycles. The molecule has 18 heavy (non-hydrogen) atoms. The molecule has 0 aliphatic rings. The van der Waals surface area contributed by atoms with Gasteiger partial charge in [-0.05, 0) is 18.9 Å². The van der Waals surface area contributed by atoms with Gasteiger partial charge in [0.1, 0.15) is 5.82 Å². The number of hydrogen-bond donors (Lipinski definition) is 1. The third kappa shape index (κ3) is 2.80. The van der Waals surface area contributed by atoms with Gasteiger partial charge in [0.15, 0.2) is 11.6 Å². The lowest BCUT2D eigenvalue weighted by Crippen LogP contribution is -2.06. The normalized spacial score (nSPS) is 10.7. The van der Waals surface area contributed by atoms with E-state index in [1.807, 2.05) is 13.0 Å². The van der Waals surface area contributed by atoms with E-state index in [2.05, 4.69) is 39.1 Å². The van der Waals surface area contributed by atoms with Gasteiger partial charge in [0.05, 0.1) is 0 Å². The highest BCUT2D eigenvalue weighted by molar-refractivity contribution is 5.49. The Kier molecular flexibility index (Phi) is 3.82. The summed E-state index contributed by atoms with van der Waals surface area (Å²) < 4.78 is 0. The summed E-state index contributed by atoms with van der Waals surface area (Å²) in [6, 6.07) is 3.75. The topological polar surface area (TPSA) is 63.6 Å². The van der Waals surface area contributed by atoms with Gasteiger partial charge < -0.3 is 5.32 Å². The number of anilines is 1. The Morgan fingerprint density at radius 1 is 1.11 bits per heavy atom. The van der Waals surface area contributed by atoms with Gasteiger partial charge in [-0.15, -0.1) is 0 Å². The van der Waals surface area contributed by atoms with Crippen LogP contribution in [-0.2, 0) is 0 Å². The largest absolute Gasteiger partial charge is 0.370 e. The fourth-order valence-corrected chi connectivity index (χ4v) is 1.55. The summed E-state index contributed by atoms with van der Waals surface area (Å²) >= 11 is 0. The van der Waals surface area contributed by atoms with Crippen LogP contribution in [0, 0.1) is 0 Å². The Morgan fingerprint density at radius 3 is 2.44 bits per heavy atom. The first-order valence-electron chi connectivity index (χ1n) is 6.11. The molecular weight excluding hydrogens is 226 g/mol. The number of nitrogens with zero attached hydrogens (tertiary/aromatic N) is 4. The molecule has 2 heterocycles. The van der Waals surface area contributed by atoms with Gasteiger partial charge in [-0.1, -0.05) is 13.8 Å². The Labute approximate surface area is 107 Å². The van der Waals surface area contributed by atoms with Gasteiger partial charge in [0.2, 0.25) is 0 Å². The Hall–Kier alpha value is -2.04. The van der Waals surface area contributed by atoms with Crippen LogP contribution < -0.4 is 5.32 Å². The first-order valence-corrected chi connectivity index (χ1v) is 6.11. The van der Waals surface area contributed by atoms with Crippen LogP contribution in [0.5, 0.6) is 0 Å². The van der Waals surface area contributed by atoms with E-state index in [0.717, 1.165) is 18.1 Å². The first-order chi connectivity index (χ1) is 8.70. The van der Waals surface area contributed by atoms with Gasteiger partial charge in [-0.2, -0.15) is 0 Å². The smallest absolute Gasteiger partial charge is 0.199 e. The SMILES string of the molecule is CCNc1cc(C(C)C)nc(-c2ncccn2)n1. The zero-order chi connectivity index (χ0) is 13.0. The third-order valence-corrected chi connectivity index (χ3v) is 2.46. The van der Waals surface area contributed by atoms with Crippen molar-refractivity contribution in [2.45, 2.75) is 26.7 Å². The molecule has 94 valence electrons. The van der Waals surface area contributed by atoms with Crippen molar-refractivity contribution >= 4 is 5.82 Å². The van der Waals surface area contributed by atoms with Crippen molar-refractivity contribution in [2.24, 2.45) is 0 Å². The maximum Gasteiger partial charge on any atom is 0.199 e. The highest BCUT2D eigenvalue weighted by Gasteiger charge is 2.10. The maximum absolute atomic E-state index is 4.51. The molecule has 0 bridgehead atoms. The predicted octanol–water partition coefficient (Wildman–Crippen LogP) is 2.49. The monoisotopic (exact) mass is 243 g/mol. The fraction of sp³-hybridized carbons (Fsp3) is 0.385. The van der Waals surface area contributed by atoms with Crippen LogP contribution in [0.3, 0.4) is 0 Å². The second kappa shape index (κ2) is 5.53. The van der Waals surface area contributed by atoms with E-state index in [9.17, 15) is 0 Å². The summed E-state index contributed by atoms with van der Waals surface area (Å²) in [6.45, 7) is 7.07. The molecule has 0 amide bonds. The highest BCUT2D eigenvalue weighted by atomic mass is 15.1. The number of aromatic nitrogens is 4. The summed E-state index contributed by atoms with van der Waals surface area (Å²) in [5.74, 6) is 2.28. The molecule has 0 saturated heterocycles. The van der Waals surface area contributed by atoms with E-state index in [-0.39, 0.29) is 0 Å². The third-order valence-electron chi connectivity index (χ3n) is 2.46. The second-order valence-electron chi connectivity index (χ2n) is 4.26. The van der Waals surface area contributed by atoms with Crippen molar-refractivity contribution in [2.75, 3.05) is 11.9 Å². The van der Waals surface area contributed by atoms with E-state index in [4.69, 9.17) is 0 Å². The molecular formula is C13H17N5. The zero-order valence-corrected chi connectivity index (χ0v) is 10.9. The van der Waals surface area contributed by atoms with Crippen LogP contribution >= 0.6 is 0 Å². The molecule has 0 radical (unpaired) electrons. The van der Waals surface area contributed by atoms with E-state index in [0.29, 0.717) is 17.6 Å². The van der Waals surface area contributed by atoms with Crippen molar-refractivity contribution < 1.29 is 0 Å². The quantitative estimate of drug-likeness (QED) is 0.893. The molecule has 5 heteroatoms. The van der Waals surface area contributed by atoms with Crippen molar-refractivity contribution in [3.05, 3.63) is 30.2 Å². The predicted molar refractivity (Wildman–Crippen MR) is 71.3 cm³/mol. The molecule has 0 aromatic carbocycles. The second-order valence-corrected chi connectivity index (χ2v) is 4.26. The van der Waals surface area contributed by atoms with Crippen molar-refractivity contribution in [3.63, 3.8) is 0 Å². The lowest BCUT2D eigenvalue weighted by Gasteiger charge is -2.10. The van der Waals surface area contributed by atoms with E-state index in [1.165, 1.54) is 0 Å². The molecule has 0 fully saturated rings. The van der Waals surface area contributed by atoms with Crippen LogP contribution in [0.1, 0.15) is 32.4 Å². The highest BCUT2D eigenvalue weighted by Crippen LogP contribution is 2.19. The van der Waals surface area contributed by atoms with Crippen molar-refractivity contribution in [1.29, 1.82) is 0 Å². The molecule has 2 rings (SSSR count). The van der Waals surface area contributed by atoms with Gasteiger partial charge >= 0.3 is 0 Å². The van der Waals surface area contributed by atoms with Crippen LogP contribution in [0.2, 0.25) is 0 Å². The molecule has 0 atom stereocenters. The number of hydrogen-bond acceptors (Lipinski definition) is 5. The average Bonchev–Trinajstić information content (AvgIpc) is 2.40. The fourth-order valence-electron chi connectivity index (χ4n) is 1.55. The summed E-state index contributed by atoms with van der Waals surface area (Å²) in [5, 5.41) is 3.21. The molecule has 1 N–H and O–H groups in total. The summed E-state index contributed by atoms with van der Waals surface area (Å²) in [7, 11) is 0. The van der Waals surface area contributed by atoms with Crippen LogP contribution in [0.15, 0.2) is 24.5 Å². The number of rotatable bonds is 4. The Morgan fingerprint density at radius 2 is 1.83 bits per heavy atom. The molecule has 2 aromatic heterocycles. The van der Waals surface area contributed by atoms with Gasteiger partial charge in [-0.3, -0.25) is 0 Å². The minimum Gasteiger partial charge on any atom is -0.370 e. The summed E-state index contributed by atoms with van der Waals surface area (Å²) in [5.41, 5.74) is 0.989. The minimum absolute atomic E-state index is 0.341. The standard InChI is InChI=1S/C13H17N5/c1-4-14-11-8-10(9(2)3)17-13(18-11)12-15-6-5-7-16-12/h5-9H,4H2,1-3H3,(H,14,17,18). The van der Waals surface area contributed by atoms with Crippen LogP contribution in [0.25, 0.3) is 11.6 Å². The molecule has 0 aliphatic heterocycles. The minimum atomic E-state index is 0.341. The van der Waals surface area contributed by atoms with Crippen LogP contribution in [0.4, 0.5) is 5.82 Å². The molecule has 2 aromatic rings. The molecule has 0 unspecified atom stereocenters. The average molecular weight is 243 g/mol. The van der Waals surface area contributed by atoms with Crippen LogP contribution in [-0.4, -0.2) is 26.5 Å². The van der Waals surface area contributed by atoms with Gasteiger partial charge in [-0.25, -0.2) is 19.9 Å². The number of nitrogens with one attached hydrogen (secondary N) is 1.